The van der Waals surface area contributed by atoms with E-state index in [1.165, 1.54) is 0 Å². The predicted octanol–water partition coefficient (Wildman–Crippen LogP) is 0.484. The van der Waals surface area contributed by atoms with Gasteiger partial charge in [-0.25, -0.2) is 0 Å². The van der Waals surface area contributed by atoms with Crippen molar-refractivity contribution in [1.82, 2.24) is 4.67 Å². The van der Waals surface area contributed by atoms with Crippen molar-refractivity contribution in [1.29, 1.82) is 0 Å². The maximum atomic E-state index is 10.6. The van der Waals surface area contributed by atoms with E-state index in [4.69, 9.17) is 0 Å². The first-order valence-corrected chi connectivity index (χ1v) is 4.21. The zero-order valence-electron chi connectivity index (χ0n) is 4.98. The Morgan fingerprint density at radius 2 is 2.50 bits per heavy atom. The van der Waals surface area contributed by atoms with E-state index >= 15 is 0 Å². The Bertz CT molecular complexity index is 105. The molecule has 1 aliphatic rings. The molecule has 2 nitrogen and oxygen atoms in total. The third kappa shape index (κ3) is 1.27. The number of hydrogen-bond acceptors (Lipinski definition) is 2. The summed E-state index contributed by atoms with van der Waals surface area (Å²) in [6.07, 6.45) is 0.779. The molecule has 0 saturated carbocycles. The molecule has 0 aliphatic carbocycles. The SMILES string of the molecule is CPN1CCC(=O)C1. The Kier molecular flexibility index (Phi) is 1.98. The summed E-state index contributed by atoms with van der Waals surface area (Å²) < 4.78 is 2.18. The molecule has 3 heteroatoms. The van der Waals surface area contributed by atoms with Gasteiger partial charge in [-0.2, -0.15) is 0 Å². The second-order valence-electron chi connectivity index (χ2n) is 1.93. The predicted molar refractivity (Wildman–Crippen MR) is 35.4 cm³/mol. The van der Waals surface area contributed by atoms with Crippen LogP contribution in [-0.4, -0.2) is 30.2 Å². The van der Waals surface area contributed by atoms with E-state index in [2.05, 4.69) is 11.3 Å². The first-order chi connectivity index (χ1) is 3.83. The fourth-order valence-electron chi connectivity index (χ4n) is 0.822. The van der Waals surface area contributed by atoms with Crippen LogP contribution < -0.4 is 0 Å². The van der Waals surface area contributed by atoms with E-state index < -0.39 is 0 Å². The van der Waals surface area contributed by atoms with Crippen molar-refractivity contribution in [2.75, 3.05) is 19.8 Å². The molecule has 0 spiro atoms. The summed E-state index contributed by atoms with van der Waals surface area (Å²) in [7, 11) is 0.810. The van der Waals surface area contributed by atoms with E-state index in [1.807, 2.05) is 0 Å². The molecular weight excluding hydrogens is 121 g/mol. The molecule has 1 fully saturated rings. The molecule has 0 aromatic heterocycles. The monoisotopic (exact) mass is 131 g/mol. The lowest BCUT2D eigenvalue weighted by Gasteiger charge is -2.07. The molecule has 1 aliphatic heterocycles. The molecule has 1 unspecified atom stereocenters. The Hall–Kier alpha value is 0.0600. The smallest absolute Gasteiger partial charge is 0.148 e. The van der Waals surface area contributed by atoms with Crippen LogP contribution in [0.5, 0.6) is 0 Å². The van der Waals surface area contributed by atoms with Gasteiger partial charge >= 0.3 is 0 Å². The van der Waals surface area contributed by atoms with Gasteiger partial charge < -0.3 is 0 Å². The van der Waals surface area contributed by atoms with Crippen molar-refractivity contribution in [3.63, 3.8) is 0 Å². The van der Waals surface area contributed by atoms with Gasteiger partial charge in [0.2, 0.25) is 0 Å². The molecule has 0 aromatic carbocycles. The standard InChI is InChI=1S/C5H10NOP/c1-8-6-3-2-5(7)4-6/h8H,2-4H2,1H3. The summed E-state index contributed by atoms with van der Waals surface area (Å²) in [5.74, 6) is 0.402. The van der Waals surface area contributed by atoms with Gasteiger partial charge in [-0.15, -0.1) is 0 Å². The third-order valence-electron chi connectivity index (χ3n) is 1.34. The Balaban J connectivity index is 2.32. The molecule has 0 bridgehead atoms. The van der Waals surface area contributed by atoms with Gasteiger partial charge in [0.05, 0.1) is 6.54 Å². The topological polar surface area (TPSA) is 20.3 Å². The lowest BCUT2D eigenvalue weighted by atomic mass is 10.4. The van der Waals surface area contributed by atoms with E-state index in [1.54, 1.807) is 0 Å². The Labute approximate surface area is 51.1 Å². The number of ketones is 1. The largest absolute Gasteiger partial charge is 0.298 e. The van der Waals surface area contributed by atoms with Crippen LogP contribution in [0.1, 0.15) is 6.42 Å². The average molecular weight is 131 g/mol. The third-order valence-corrected chi connectivity index (χ3v) is 2.36. The van der Waals surface area contributed by atoms with Crippen LogP contribution in [0.15, 0.2) is 0 Å². The highest BCUT2D eigenvalue weighted by Crippen LogP contribution is 2.17. The fourth-order valence-corrected chi connectivity index (χ4v) is 1.49. The summed E-state index contributed by atoms with van der Waals surface area (Å²) in [6.45, 7) is 3.81. The molecule has 1 rings (SSSR count). The van der Waals surface area contributed by atoms with E-state index in [0.717, 1.165) is 21.7 Å². The normalized spacial score (nSPS) is 23.9. The number of carbonyl (C=O) groups is 1. The first kappa shape index (κ1) is 6.18. The van der Waals surface area contributed by atoms with Crippen LogP contribution >= 0.6 is 8.73 Å². The van der Waals surface area contributed by atoms with Crippen LogP contribution in [0.25, 0.3) is 0 Å². The van der Waals surface area contributed by atoms with Gasteiger partial charge in [0.25, 0.3) is 0 Å². The quantitative estimate of drug-likeness (QED) is 0.482. The minimum atomic E-state index is 0.402. The van der Waals surface area contributed by atoms with Crippen molar-refractivity contribution >= 4 is 14.5 Å². The van der Waals surface area contributed by atoms with Crippen LogP contribution in [-0.2, 0) is 4.79 Å². The first-order valence-electron chi connectivity index (χ1n) is 2.77. The highest BCUT2D eigenvalue weighted by atomic mass is 31.1. The molecule has 0 amide bonds. The highest BCUT2D eigenvalue weighted by Gasteiger charge is 2.16. The van der Waals surface area contributed by atoms with Gasteiger partial charge in [0, 0.05) is 13.0 Å². The lowest BCUT2D eigenvalue weighted by Crippen LogP contribution is -2.08. The fraction of sp³-hybridized carbons (Fsp3) is 0.800. The van der Waals surface area contributed by atoms with E-state index in [-0.39, 0.29) is 0 Å². The Morgan fingerprint density at radius 3 is 2.75 bits per heavy atom. The molecule has 0 N–H and O–H groups in total. The van der Waals surface area contributed by atoms with Crippen LogP contribution in [0.3, 0.4) is 0 Å². The summed E-state index contributed by atoms with van der Waals surface area (Å²) in [5, 5.41) is 0. The van der Waals surface area contributed by atoms with Crippen molar-refractivity contribution in [3.05, 3.63) is 0 Å². The Morgan fingerprint density at radius 1 is 1.75 bits per heavy atom. The summed E-state index contributed by atoms with van der Waals surface area (Å²) >= 11 is 0. The van der Waals surface area contributed by atoms with Crippen molar-refractivity contribution < 1.29 is 4.79 Å². The molecule has 0 radical (unpaired) electrons. The summed E-state index contributed by atoms with van der Waals surface area (Å²) in [5.41, 5.74) is 0. The summed E-state index contributed by atoms with van der Waals surface area (Å²) in [4.78, 5) is 10.6. The molecule has 1 saturated heterocycles. The number of hydrogen-bond donors (Lipinski definition) is 0. The van der Waals surface area contributed by atoms with Crippen LogP contribution in [0, 0.1) is 0 Å². The van der Waals surface area contributed by atoms with Gasteiger partial charge in [-0.05, 0) is 6.66 Å². The molecule has 1 atom stereocenters. The lowest BCUT2D eigenvalue weighted by molar-refractivity contribution is -0.116. The van der Waals surface area contributed by atoms with Gasteiger partial charge in [0.15, 0.2) is 0 Å². The number of Topliss-reactive ketones (excluding diaryl/α,β-unsaturated/α-hetero) is 1. The highest BCUT2D eigenvalue weighted by molar-refractivity contribution is 7.34. The molecule has 0 aromatic rings. The minimum Gasteiger partial charge on any atom is -0.298 e. The second-order valence-corrected chi connectivity index (χ2v) is 3.01. The maximum absolute atomic E-state index is 10.6. The van der Waals surface area contributed by atoms with E-state index in [9.17, 15) is 4.79 Å². The second kappa shape index (κ2) is 2.56. The number of nitrogens with zero attached hydrogens (tertiary/aromatic N) is 1. The maximum Gasteiger partial charge on any atom is 0.148 e. The van der Waals surface area contributed by atoms with Crippen LogP contribution in [0.2, 0.25) is 0 Å². The van der Waals surface area contributed by atoms with Gasteiger partial charge in [-0.1, -0.05) is 8.73 Å². The average Bonchev–Trinajstić information content (AvgIpc) is 2.14. The minimum absolute atomic E-state index is 0.402. The van der Waals surface area contributed by atoms with Crippen molar-refractivity contribution in [3.8, 4) is 0 Å². The number of carbonyl (C=O) groups excluding carboxylic acids is 1. The van der Waals surface area contributed by atoms with E-state index in [0.29, 0.717) is 12.3 Å². The molecule has 8 heavy (non-hydrogen) atoms. The number of rotatable bonds is 1. The zero-order chi connectivity index (χ0) is 5.98. The van der Waals surface area contributed by atoms with Gasteiger partial charge in [-0.3, -0.25) is 9.46 Å². The van der Waals surface area contributed by atoms with Crippen molar-refractivity contribution in [2.45, 2.75) is 6.42 Å². The molecular formula is C5H10NOP. The van der Waals surface area contributed by atoms with Gasteiger partial charge in [0.1, 0.15) is 5.78 Å². The van der Waals surface area contributed by atoms with Crippen LogP contribution in [0.4, 0.5) is 0 Å². The molecule has 1 heterocycles. The zero-order valence-corrected chi connectivity index (χ0v) is 5.98. The summed E-state index contributed by atoms with van der Waals surface area (Å²) in [6, 6.07) is 0. The molecule has 46 valence electrons. The van der Waals surface area contributed by atoms with Crippen molar-refractivity contribution in [2.24, 2.45) is 0 Å².